The highest BCUT2D eigenvalue weighted by Gasteiger charge is 2.47. The molecular weight excluding hydrogens is 428 g/mol. The van der Waals surface area contributed by atoms with Gasteiger partial charge in [0.05, 0.1) is 17.7 Å². The number of benzene rings is 2. The Kier molecular flexibility index (Phi) is 5.97. The SMILES string of the molecule is CC(C)Oc1ccc(C(O)=C2C(=O)C(=O)N(c3ccccn3)[C@H]2c2ccc(Cl)cc2)cc1. The zero-order valence-corrected chi connectivity index (χ0v) is 18.3. The molecule has 4 rings (SSSR count). The number of carbonyl (C=O) groups excluding carboxylic acids is 2. The van der Waals surface area contributed by atoms with E-state index < -0.39 is 17.7 Å². The molecule has 32 heavy (non-hydrogen) atoms. The zero-order valence-electron chi connectivity index (χ0n) is 17.5. The van der Waals surface area contributed by atoms with Crippen molar-refractivity contribution in [1.29, 1.82) is 0 Å². The van der Waals surface area contributed by atoms with E-state index in [0.717, 1.165) is 0 Å². The largest absolute Gasteiger partial charge is 0.507 e. The average Bonchev–Trinajstić information content (AvgIpc) is 3.05. The van der Waals surface area contributed by atoms with E-state index in [9.17, 15) is 14.7 Å². The molecule has 2 aromatic carbocycles. The third-order valence-corrected chi connectivity index (χ3v) is 5.28. The van der Waals surface area contributed by atoms with Crippen LogP contribution in [0.5, 0.6) is 5.75 Å². The normalized spacial score (nSPS) is 17.8. The number of anilines is 1. The number of Topliss-reactive ketones (excluding diaryl/α,β-unsaturated/α-hetero) is 1. The number of aliphatic hydroxyl groups is 1. The Labute approximate surface area is 190 Å². The minimum Gasteiger partial charge on any atom is -0.507 e. The Bertz CT molecular complexity index is 1170. The van der Waals surface area contributed by atoms with E-state index in [1.54, 1.807) is 72.9 Å². The zero-order chi connectivity index (χ0) is 22.8. The third-order valence-electron chi connectivity index (χ3n) is 5.03. The summed E-state index contributed by atoms with van der Waals surface area (Å²) in [5.74, 6) is -0.854. The molecule has 1 atom stereocenters. The van der Waals surface area contributed by atoms with Gasteiger partial charge in [-0.05, 0) is 67.9 Å². The van der Waals surface area contributed by atoms with Crippen LogP contribution in [0.2, 0.25) is 5.02 Å². The number of halogens is 1. The van der Waals surface area contributed by atoms with E-state index in [2.05, 4.69) is 4.98 Å². The molecule has 0 saturated carbocycles. The van der Waals surface area contributed by atoms with Crippen LogP contribution < -0.4 is 9.64 Å². The first kappa shape index (κ1) is 21.6. The van der Waals surface area contributed by atoms with Gasteiger partial charge in [0.2, 0.25) is 0 Å². The first-order valence-corrected chi connectivity index (χ1v) is 10.5. The summed E-state index contributed by atoms with van der Waals surface area (Å²) in [6.45, 7) is 3.83. The average molecular weight is 449 g/mol. The van der Waals surface area contributed by atoms with Gasteiger partial charge in [0, 0.05) is 16.8 Å². The number of hydrogen-bond donors (Lipinski definition) is 1. The van der Waals surface area contributed by atoms with Crippen LogP contribution in [0.3, 0.4) is 0 Å². The fourth-order valence-corrected chi connectivity index (χ4v) is 3.77. The molecule has 1 amide bonds. The van der Waals surface area contributed by atoms with Crippen molar-refractivity contribution >= 4 is 34.9 Å². The topological polar surface area (TPSA) is 79.7 Å². The lowest BCUT2D eigenvalue weighted by Crippen LogP contribution is -2.30. The molecule has 0 aliphatic carbocycles. The molecule has 162 valence electrons. The summed E-state index contributed by atoms with van der Waals surface area (Å²) in [5.41, 5.74) is 1.01. The molecule has 1 N–H and O–H groups in total. The van der Waals surface area contributed by atoms with Gasteiger partial charge in [0.15, 0.2) is 0 Å². The fourth-order valence-electron chi connectivity index (χ4n) is 3.64. The van der Waals surface area contributed by atoms with Crippen molar-refractivity contribution in [3.05, 3.63) is 94.6 Å². The Morgan fingerprint density at radius 3 is 2.31 bits per heavy atom. The van der Waals surface area contributed by atoms with Crippen molar-refractivity contribution in [1.82, 2.24) is 4.98 Å². The second-order valence-electron chi connectivity index (χ2n) is 7.60. The number of aliphatic hydroxyl groups excluding tert-OH is 1. The molecule has 1 fully saturated rings. The first-order chi connectivity index (χ1) is 15.4. The lowest BCUT2D eigenvalue weighted by Gasteiger charge is -2.24. The lowest BCUT2D eigenvalue weighted by molar-refractivity contribution is -0.132. The number of pyridine rings is 1. The fraction of sp³-hybridized carbons (Fsp3) is 0.160. The maximum absolute atomic E-state index is 13.1. The monoisotopic (exact) mass is 448 g/mol. The number of carbonyl (C=O) groups is 2. The van der Waals surface area contributed by atoms with E-state index in [1.807, 2.05) is 13.8 Å². The predicted molar refractivity (Wildman–Crippen MR) is 123 cm³/mol. The van der Waals surface area contributed by atoms with E-state index in [1.165, 1.54) is 4.90 Å². The van der Waals surface area contributed by atoms with Gasteiger partial charge in [-0.15, -0.1) is 0 Å². The number of hydrogen-bond acceptors (Lipinski definition) is 5. The molecule has 0 spiro atoms. The second-order valence-corrected chi connectivity index (χ2v) is 8.04. The minimum absolute atomic E-state index is 0.00282. The van der Waals surface area contributed by atoms with Gasteiger partial charge in [-0.3, -0.25) is 14.5 Å². The van der Waals surface area contributed by atoms with Gasteiger partial charge in [0.1, 0.15) is 17.3 Å². The molecule has 1 saturated heterocycles. The number of nitrogens with zero attached hydrogens (tertiary/aromatic N) is 2. The smallest absolute Gasteiger partial charge is 0.301 e. The number of ketones is 1. The Morgan fingerprint density at radius 2 is 1.72 bits per heavy atom. The lowest BCUT2D eigenvalue weighted by atomic mass is 9.95. The summed E-state index contributed by atoms with van der Waals surface area (Å²) >= 11 is 6.04. The van der Waals surface area contributed by atoms with Crippen LogP contribution in [0.15, 0.2) is 78.5 Å². The van der Waals surface area contributed by atoms with Crippen molar-refractivity contribution in [2.75, 3.05) is 4.90 Å². The number of amides is 1. The Balaban J connectivity index is 1.85. The van der Waals surface area contributed by atoms with Crippen LogP contribution in [0.25, 0.3) is 5.76 Å². The Hall–Kier alpha value is -3.64. The number of ether oxygens (including phenoxy) is 1. The van der Waals surface area contributed by atoms with Crippen molar-refractivity contribution in [2.24, 2.45) is 0 Å². The van der Waals surface area contributed by atoms with Crippen molar-refractivity contribution in [3.8, 4) is 5.75 Å². The minimum atomic E-state index is -0.853. The standard InChI is InChI=1S/C25H21ClN2O4/c1-15(2)32-19-12-8-17(9-13-19)23(29)21-22(16-6-10-18(26)11-7-16)28(25(31)24(21)30)20-5-3-4-14-27-20/h3-15,22,29H,1-2H3/t22-/m0/s1. The van der Waals surface area contributed by atoms with Gasteiger partial charge in [-0.25, -0.2) is 4.98 Å². The maximum atomic E-state index is 13.1. The summed E-state index contributed by atoms with van der Waals surface area (Å²) in [6, 6.07) is 17.8. The van der Waals surface area contributed by atoms with Crippen LogP contribution in [0, 0.1) is 0 Å². The van der Waals surface area contributed by atoms with Gasteiger partial charge in [-0.1, -0.05) is 29.8 Å². The van der Waals surface area contributed by atoms with E-state index in [0.29, 0.717) is 27.7 Å². The van der Waals surface area contributed by atoms with Crippen molar-refractivity contribution < 1.29 is 19.4 Å². The van der Waals surface area contributed by atoms with Crippen LogP contribution in [0.4, 0.5) is 5.82 Å². The highest BCUT2D eigenvalue weighted by Crippen LogP contribution is 2.41. The van der Waals surface area contributed by atoms with Crippen molar-refractivity contribution in [2.45, 2.75) is 26.0 Å². The van der Waals surface area contributed by atoms with Gasteiger partial charge in [-0.2, -0.15) is 0 Å². The predicted octanol–water partition coefficient (Wildman–Crippen LogP) is 5.15. The summed E-state index contributed by atoms with van der Waals surface area (Å²) in [7, 11) is 0. The summed E-state index contributed by atoms with van der Waals surface area (Å²) in [5, 5.41) is 11.6. The van der Waals surface area contributed by atoms with Crippen molar-refractivity contribution in [3.63, 3.8) is 0 Å². The van der Waals surface area contributed by atoms with Gasteiger partial charge in [0.25, 0.3) is 5.78 Å². The molecular formula is C25H21ClN2O4. The van der Waals surface area contributed by atoms with E-state index in [4.69, 9.17) is 16.3 Å². The molecule has 1 aromatic heterocycles. The quantitative estimate of drug-likeness (QED) is 0.332. The van der Waals surface area contributed by atoms with Crippen LogP contribution >= 0.6 is 11.6 Å². The van der Waals surface area contributed by atoms with E-state index >= 15 is 0 Å². The highest BCUT2D eigenvalue weighted by atomic mass is 35.5. The summed E-state index contributed by atoms with van der Waals surface area (Å²) in [6.07, 6.45) is 1.55. The summed E-state index contributed by atoms with van der Waals surface area (Å²) in [4.78, 5) is 31.7. The molecule has 1 aliphatic rings. The Morgan fingerprint density at radius 1 is 1.03 bits per heavy atom. The van der Waals surface area contributed by atoms with Gasteiger partial charge >= 0.3 is 5.91 Å². The molecule has 0 bridgehead atoms. The molecule has 2 heterocycles. The number of rotatable bonds is 5. The molecule has 0 radical (unpaired) electrons. The number of aromatic nitrogens is 1. The van der Waals surface area contributed by atoms with E-state index in [-0.39, 0.29) is 17.4 Å². The second kappa shape index (κ2) is 8.85. The summed E-state index contributed by atoms with van der Waals surface area (Å²) < 4.78 is 5.64. The van der Waals surface area contributed by atoms with Crippen LogP contribution in [-0.2, 0) is 9.59 Å². The molecule has 6 nitrogen and oxygen atoms in total. The van der Waals surface area contributed by atoms with Crippen LogP contribution in [-0.4, -0.2) is 27.9 Å². The molecule has 1 aliphatic heterocycles. The maximum Gasteiger partial charge on any atom is 0.301 e. The molecule has 3 aromatic rings. The first-order valence-electron chi connectivity index (χ1n) is 10.1. The third kappa shape index (κ3) is 4.09. The van der Waals surface area contributed by atoms with Crippen LogP contribution in [0.1, 0.15) is 31.0 Å². The highest BCUT2D eigenvalue weighted by molar-refractivity contribution is 6.51. The molecule has 0 unspecified atom stereocenters. The molecule has 7 heteroatoms. The van der Waals surface area contributed by atoms with Gasteiger partial charge < -0.3 is 9.84 Å².